The molecule has 1 saturated heterocycles. The van der Waals surface area contributed by atoms with Gasteiger partial charge in [-0.15, -0.1) is 0 Å². The first kappa shape index (κ1) is 13.3. The van der Waals surface area contributed by atoms with Crippen molar-refractivity contribution in [2.45, 2.75) is 44.6 Å². The minimum atomic E-state index is 0.762. The Labute approximate surface area is 106 Å². The largest absolute Gasteiger partial charge is 0.320 e. The summed E-state index contributed by atoms with van der Waals surface area (Å²) in [6.45, 7) is 6.10. The number of hydrogen-bond donors (Lipinski definition) is 2. The minimum Gasteiger partial charge on any atom is -0.320 e. The van der Waals surface area contributed by atoms with Crippen molar-refractivity contribution in [3.05, 3.63) is 0 Å². The quantitative estimate of drug-likeness (QED) is 0.735. The molecule has 100 valence electrons. The van der Waals surface area contributed by atoms with Crippen molar-refractivity contribution in [1.82, 2.24) is 15.5 Å². The van der Waals surface area contributed by atoms with Gasteiger partial charge in [-0.3, -0.25) is 4.90 Å². The molecule has 1 aliphatic heterocycles. The maximum Gasteiger partial charge on any atom is 0.0233 e. The highest BCUT2D eigenvalue weighted by molar-refractivity contribution is 4.81. The molecule has 3 nitrogen and oxygen atoms in total. The van der Waals surface area contributed by atoms with Gasteiger partial charge in [-0.1, -0.05) is 25.7 Å². The molecule has 2 rings (SSSR count). The molecule has 2 fully saturated rings. The van der Waals surface area contributed by atoms with Gasteiger partial charge in [0.1, 0.15) is 0 Å². The Morgan fingerprint density at radius 2 is 2.06 bits per heavy atom. The van der Waals surface area contributed by atoms with E-state index in [9.17, 15) is 0 Å². The van der Waals surface area contributed by atoms with E-state index >= 15 is 0 Å². The van der Waals surface area contributed by atoms with Crippen LogP contribution in [0.25, 0.3) is 0 Å². The van der Waals surface area contributed by atoms with Crippen molar-refractivity contribution in [2.24, 2.45) is 5.92 Å². The first-order chi connectivity index (χ1) is 8.40. The van der Waals surface area contributed by atoms with Crippen LogP contribution in [0.1, 0.15) is 38.5 Å². The van der Waals surface area contributed by atoms with Crippen LogP contribution in [0.2, 0.25) is 0 Å². The monoisotopic (exact) mass is 239 g/mol. The van der Waals surface area contributed by atoms with Crippen molar-refractivity contribution in [2.75, 3.05) is 39.8 Å². The van der Waals surface area contributed by atoms with E-state index in [0.29, 0.717) is 0 Å². The van der Waals surface area contributed by atoms with Gasteiger partial charge >= 0.3 is 0 Å². The van der Waals surface area contributed by atoms with E-state index in [4.69, 9.17) is 0 Å². The third kappa shape index (κ3) is 4.23. The molecule has 1 heterocycles. The van der Waals surface area contributed by atoms with E-state index in [1.165, 1.54) is 64.7 Å². The number of rotatable bonds is 6. The van der Waals surface area contributed by atoms with E-state index in [1.54, 1.807) is 0 Å². The average Bonchev–Trinajstić information content (AvgIpc) is 2.88. The summed E-state index contributed by atoms with van der Waals surface area (Å²) in [6, 6.07) is 0.762. The molecule has 1 aliphatic carbocycles. The Hall–Kier alpha value is -0.120. The van der Waals surface area contributed by atoms with Gasteiger partial charge in [0, 0.05) is 25.7 Å². The highest BCUT2D eigenvalue weighted by atomic mass is 15.2. The molecule has 0 aromatic heterocycles. The Balaban J connectivity index is 1.71. The summed E-state index contributed by atoms with van der Waals surface area (Å²) in [5, 5.41) is 6.81. The zero-order valence-corrected chi connectivity index (χ0v) is 11.4. The molecule has 17 heavy (non-hydrogen) atoms. The molecule has 0 bridgehead atoms. The lowest BCUT2D eigenvalue weighted by atomic mass is 10.0. The summed E-state index contributed by atoms with van der Waals surface area (Å²) in [5.41, 5.74) is 0. The Bertz CT molecular complexity index is 202. The SMILES string of the molecule is CNCCC1CNCCN1CCC1CCCC1. The van der Waals surface area contributed by atoms with Crippen LogP contribution in [0.5, 0.6) is 0 Å². The van der Waals surface area contributed by atoms with Crippen molar-refractivity contribution >= 4 is 0 Å². The Morgan fingerprint density at radius 1 is 1.24 bits per heavy atom. The number of piperazine rings is 1. The van der Waals surface area contributed by atoms with Gasteiger partial charge < -0.3 is 10.6 Å². The van der Waals surface area contributed by atoms with Crippen molar-refractivity contribution in [3.63, 3.8) is 0 Å². The van der Waals surface area contributed by atoms with Crippen LogP contribution >= 0.6 is 0 Å². The standard InChI is InChI=1S/C14H29N3/c1-15-8-6-14-12-16-9-11-17(14)10-7-13-4-2-3-5-13/h13-16H,2-12H2,1H3. The Kier molecular flexibility index (Phi) is 5.75. The molecule has 2 N–H and O–H groups in total. The second kappa shape index (κ2) is 7.34. The molecular formula is C14H29N3. The van der Waals surface area contributed by atoms with Gasteiger partial charge in [0.25, 0.3) is 0 Å². The van der Waals surface area contributed by atoms with Crippen LogP contribution in [-0.2, 0) is 0 Å². The van der Waals surface area contributed by atoms with Crippen molar-refractivity contribution in [3.8, 4) is 0 Å². The number of hydrogen-bond acceptors (Lipinski definition) is 3. The first-order valence-electron chi connectivity index (χ1n) is 7.49. The second-order valence-corrected chi connectivity index (χ2v) is 5.73. The van der Waals surface area contributed by atoms with Gasteiger partial charge in [0.05, 0.1) is 0 Å². The summed E-state index contributed by atoms with van der Waals surface area (Å²) in [4.78, 5) is 2.73. The van der Waals surface area contributed by atoms with Crippen molar-refractivity contribution in [1.29, 1.82) is 0 Å². The lowest BCUT2D eigenvalue weighted by Crippen LogP contribution is -2.52. The highest BCUT2D eigenvalue weighted by Gasteiger charge is 2.23. The average molecular weight is 239 g/mol. The molecule has 0 amide bonds. The summed E-state index contributed by atoms with van der Waals surface area (Å²) in [6.07, 6.45) is 8.68. The third-order valence-electron chi connectivity index (χ3n) is 4.50. The molecule has 0 aromatic rings. The lowest BCUT2D eigenvalue weighted by Gasteiger charge is -2.36. The molecule has 0 aromatic carbocycles. The number of nitrogens with one attached hydrogen (secondary N) is 2. The van der Waals surface area contributed by atoms with E-state index in [0.717, 1.165) is 18.5 Å². The molecule has 2 aliphatic rings. The van der Waals surface area contributed by atoms with E-state index in [1.807, 2.05) is 0 Å². The van der Waals surface area contributed by atoms with Crippen LogP contribution in [0.4, 0.5) is 0 Å². The van der Waals surface area contributed by atoms with Crippen LogP contribution in [0.15, 0.2) is 0 Å². The zero-order valence-electron chi connectivity index (χ0n) is 11.4. The summed E-state index contributed by atoms with van der Waals surface area (Å²) < 4.78 is 0. The fraction of sp³-hybridized carbons (Fsp3) is 1.00. The molecule has 1 atom stereocenters. The van der Waals surface area contributed by atoms with Gasteiger partial charge in [0.2, 0.25) is 0 Å². The highest BCUT2D eigenvalue weighted by Crippen LogP contribution is 2.28. The number of nitrogens with zero attached hydrogens (tertiary/aromatic N) is 1. The minimum absolute atomic E-state index is 0.762. The van der Waals surface area contributed by atoms with Crippen LogP contribution in [0, 0.1) is 5.92 Å². The van der Waals surface area contributed by atoms with Crippen LogP contribution in [-0.4, -0.2) is 50.7 Å². The van der Waals surface area contributed by atoms with E-state index in [2.05, 4.69) is 22.6 Å². The van der Waals surface area contributed by atoms with Gasteiger partial charge in [0.15, 0.2) is 0 Å². The molecule has 3 heteroatoms. The molecule has 1 unspecified atom stereocenters. The summed E-state index contributed by atoms with van der Waals surface area (Å²) >= 11 is 0. The van der Waals surface area contributed by atoms with Gasteiger partial charge in [-0.2, -0.15) is 0 Å². The summed E-state index contributed by atoms with van der Waals surface area (Å²) in [7, 11) is 2.05. The second-order valence-electron chi connectivity index (χ2n) is 5.73. The van der Waals surface area contributed by atoms with Crippen LogP contribution in [0.3, 0.4) is 0 Å². The predicted molar refractivity (Wildman–Crippen MR) is 73.3 cm³/mol. The van der Waals surface area contributed by atoms with Crippen LogP contribution < -0.4 is 10.6 Å². The van der Waals surface area contributed by atoms with Crippen molar-refractivity contribution < 1.29 is 0 Å². The normalized spacial score (nSPS) is 27.7. The van der Waals surface area contributed by atoms with E-state index in [-0.39, 0.29) is 0 Å². The maximum atomic E-state index is 3.53. The predicted octanol–water partition coefficient (Wildman–Crippen LogP) is 1.45. The summed E-state index contributed by atoms with van der Waals surface area (Å²) in [5.74, 6) is 1.04. The lowest BCUT2D eigenvalue weighted by molar-refractivity contribution is 0.144. The first-order valence-corrected chi connectivity index (χ1v) is 7.49. The smallest absolute Gasteiger partial charge is 0.0233 e. The molecular weight excluding hydrogens is 210 g/mol. The molecule has 0 spiro atoms. The van der Waals surface area contributed by atoms with Gasteiger partial charge in [-0.25, -0.2) is 0 Å². The fourth-order valence-electron chi connectivity index (χ4n) is 3.34. The zero-order chi connectivity index (χ0) is 11.9. The van der Waals surface area contributed by atoms with E-state index < -0.39 is 0 Å². The van der Waals surface area contributed by atoms with Gasteiger partial charge in [-0.05, 0) is 38.9 Å². The molecule has 0 radical (unpaired) electrons. The maximum absolute atomic E-state index is 3.53. The Morgan fingerprint density at radius 3 is 2.82 bits per heavy atom. The fourth-order valence-corrected chi connectivity index (χ4v) is 3.34. The molecule has 1 saturated carbocycles. The topological polar surface area (TPSA) is 27.3 Å². The third-order valence-corrected chi connectivity index (χ3v) is 4.50.